The highest BCUT2D eigenvalue weighted by atomic mass is 16.2. The molecule has 58 valence electrons. The van der Waals surface area contributed by atoms with Crippen molar-refractivity contribution in [2.24, 2.45) is 0 Å². The molecule has 1 fully saturated rings. The first-order valence-electron chi connectivity index (χ1n) is 3.34. The predicted octanol–water partition coefficient (Wildman–Crippen LogP) is -0.675. The lowest BCUT2D eigenvalue weighted by Gasteiger charge is -2.34. The maximum Gasteiger partial charge on any atom is 0.272 e. The smallest absolute Gasteiger partial charge is 0.272 e. The molecule has 1 unspecified atom stereocenters. The molecule has 0 bridgehead atoms. The van der Waals surface area contributed by atoms with E-state index in [0.29, 0.717) is 12.4 Å². The molecule has 0 saturated carbocycles. The fraction of sp³-hybridized carbons (Fsp3) is 0.600. The molecule has 1 aromatic rings. The van der Waals surface area contributed by atoms with Crippen LogP contribution in [0.25, 0.3) is 0 Å². The zero-order valence-electron chi connectivity index (χ0n) is 5.98. The number of nitrogens with zero attached hydrogens (tertiary/aromatic N) is 4. The van der Waals surface area contributed by atoms with Crippen molar-refractivity contribution in [1.29, 1.82) is 0 Å². The molecule has 1 amide bonds. The molecule has 6 nitrogen and oxygen atoms in total. The maximum atomic E-state index is 10.9. The molecule has 1 aromatic heterocycles. The summed E-state index contributed by atoms with van der Waals surface area (Å²) in [5.74, 6) is 0.424. The number of nitrogens with one attached hydrogen (secondary N) is 1. The average Bonchev–Trinajstić information content (AvgIpc) is 2.39. The van der Waals surface area contributed by atoms with E-state index in [9.17, 15) is 4.79 Å². The molecule has 11 heavy (non-hydrogen) atoms. The predicted molar refractivity (Wildman–Crippen MR) is 35.7 cm³/mol. The SMILES string of the molecule is CC1CC(=O)N1c1nn[nH]n1. The Labute approximate surface area is 62.6 Å². The summed E-state index contributed by atoms with van der Waals surface area (Å²) in [5, 5.41) is 13.1. The minimum Gasteiger partial charge on any atom is -0.275 e. The molecule has 2 heterocycles. The van der Waals surface area contributed by atoms with Gasteiger partial charge in [-0.1, -0.05) is 5.10 Å². The van der Waals surface area contributed by atoms with Crippen LogP contribution in [0.3, 0.4) is 0 Å². The summed E-state index contributed by atoms with van der Waals surface area (Å²) >= 11 is 0. The number of hydrogen-bond donors (Lipinski definition) is 1. The number of anilines is 1. The average molecular weight is 153 g/mol. The van der Waals surface area contributed by atoms with Crippen LogP contribution in [-0.2, 0) is 4.79 Å². The number of amides is 1. The van der Waals surface area contributed by atoms with Gasteiger partial charge in [-0.3, -0.25) is 9.69 Å². The second-order valence-electron chi connectivity index (χ2n) is 2.53. The third kappa shape index (κ3) is 0.787. The van der Waals surface area contributed by atoms with Gasteiger partial charge in [0.2, 0.25) is 5.91 Å². The molecule has 0 radical (unpaired) electrons. The Hall–Kier alpha value is -1.46. The number of rotatable bonds is 1. The zero-order chi connectivity index (χ0) is 7.84. The van der Waals surface area contributed by atoms with Crippen LogP contribution in [0.4, 0.5) is 5.95 Å². The normalized spacial score (nSPS) is 23.5. The Kier molecular flexibility index (Phi) is 1.14. The van der Waals surface area contributed by atoms with E-state index in [1.807, 2.05) is 6.92 Å². The highest BCUT2D eigenvalue weighted by molar-refractivity contribution is 5.98. The van der Waals surface area contributed by atoms with Crippen molar-refractivity contribution in [2.75, 3.05) is 4.90 Å². The van der Waals surface area contributed by atoms with Crippen LogP contribution < -0.4 is 4.90 Å². The summed E-state index contributed by atoms with van der Waals surface area (Å²) in [6.07, 6.45) is 0.578. The summed E-state index contributed by atoms with van der Waals surface area (Å²) in [7, 11) is 0. The van der Waals surface area contributed by atoms with Gasteiger partial charge in [0, 0.05) is 12.5 Å². The van der Waals surface area contributed by atoms with E-state index in [0.717, 1.165) is 0 Å². The zero-order valence-corrected chi connectivity index (χ0v) is 5.98. The third-order valence-electron chi connectivity index (χ3n) is 1.73. The van der Waals surface area contributed by atoms with E-state index in [1.165, 1.54) is 4.90 Å². The van der Waals surface area contributed by atoms with Crippen LogP contribution in [0.5, 0.6) is 0 Å². The van der Waals surface area contributed by atoms with E-state index in [1.54, 1.807) is 0 Å². The number of carbonyl (C=O) groups excluding carboxylic acids is 1. The number of tetrazole rings is 1. The van der Waals surface area contributed by atoms with E-state index in [2.05, 4.69) is 20.6 Å². The molecule has 1 N–H and O–H groups in total. The maximum absolute atomic E-state index is 10.9. The van der Waals surface area contributed by atoms with Gasteiger partial charge in [-0.25, -0.2) is 0 Å². The van der Waals surface area contributed by atoms with Crippen LogP contribution >= 0.6 is 0 Å². The van der Waals surface area contributed by atoms with Crippen molar-refractivity contribution in [3.05, 3.63) is 0 Å². The Bertz CT molecular complexity index is 268. The number of β-lactam (4-membered cyclic amide) rings is 1. The monoisotopic (exact) mass is 153 g/mol. The van der Waals surface area contributed by atoms with Gasteiger partial charge < -0.3 is 0 Å². The third-order valence-corrected chi connectivity index (χ3v) is 1.73. The second-order valence-corrected chi connectivity index (χ2v) is 2.53. The second kappa shape index (κ2) is 2.01. The van der Waals surface area contributed by atoms with Gasteiger partial charge in [0.05, 0.1) is 0 Å². The van der Waals surface area contributed by atoms with Crippen LogP contribution in [0.15, 0.2) is 0 Å². The molecule has 0 spiro atoms. The van der Waals surface area contributed by atoms with Gasteiger partial charge in [-0.2, -0.15) is 5.21 Å². The van der Waals surface area contributed by atoms with Crippen LogP contribution in [0.1, 0.15) is 13.3 Å². The lowest BCUT2D eigenvalue weighted by atomic mass is 10.1. The van der Waals surface area contributed by atoms with Crippen LogP contribution in [-0.4, -0.2) is 32.6 Å². The van der Waals surface area contributed by atoms with Crippen molar-refractivity contribution in [3.8, 4) is 0 Å². The Balaban J connectivity index is 2.23. The Morgan fingerprint density at radius 3 is 3.00 bits per heavy atom. The molecule has 0 aromatic carbocycles. The summed E-state index contributed by atoms with van der Waals surface area (Å²) < 4.78 is 0. The van der Waals surface area contributed by atoms with Gasteiger partial charge in [0.15, 0.2) is 0 Å². The van der Waals surface area contributed by atoms with Gasteiger partial charge in [0.1, 0.15) is 0 Å². The molecule has 1 atom stereocenters. The Morgan fingerprint density at radius 1 is 1.73 bits per heavy atom. The molecule has 1 aliphatic heterocycles. The topological polar surface area (TPSA) is 74.8 Å². The largest absolute Gasteiger partial charge is 0.275 e. The lowest BCUT2D eigenvalue weighted by Crippen LogP contribution is -2.51. The fourth-order valence-corrected chi connectivity index (χ4v) is 1.14. The number of aromatic amines is 1. The first kappa shape index (κ1) is 6.26. The van der Waals surface area contributed by atoms with Crippen molar-refractivity contribution in [3.63, 3.8) is 0 Å². The van der Waals surface area contributed by atoms with Crippen LogP contribution in [0.2, 0.25) is 0 Å². The van der Waals surface area contributed by atoms with E-state index in [-0.39, 0.29) is 11.9 Å². The van der Waals surface area contributed by atoms with Crippen molar-refractivity contribution in [1.82, 2.24) is 20.6 Å². The molecule has 1 saturated heterocycles. The van der Waals surface area contributed by atoms with Crippen LogP contribution in [0, 0.1) is 0 Å². The van der Waals surface area contributed by atoms with Crippen molar-refractivity contribution < 1.29 is 4.79 Å². The number of aromatic nitrogens is 4. The minimum atomic E-state index is 0.0545. The standard InChI is InChI=1S/C5H7N5O/c1-3-2-4(11)10(3)5-6-8-9-7-5/h3H,2H2,1H3,(H,6,7,8,9). The first-order chi connectivity index (χ1) is 5.29. The molecule has 6 heteroatoms. The lowest BCUT2D eigenvalue weighted by molar-refractivity contribution is -0.123. The summed E-state index contributed by atoms with van der Waals surface area (Å²) in [4.78, 5) is 12.5. The molecule has 1 aliphatic rings. The molecule has 2 rings (SSSR count). The van der Waals surface area contributed by atoms with E-state index < -0.39 is 0 Å². The minimum absolute atomic E-state index is 0.0545. The number of carbonyl (C=O) groups is 1. The highest BCUT2D eigenvalue weighted by Crippen LogP contribution is 2.22. The van der Waals surface area contributed by atoms with Crippen molar-refractivity contribution in [2.45, 2.75) is 19.4 Å². The summed E-state index contributed by atoms with van der Waals surface area (Å²) in [5.41, 5.74) is 0. The fourth-order valence-electron chi connectivity index (χ4n) is 1.14. The highest BCUT2D eigenvalue weighted by Gasteiger charge is 2.36. The van der Waals surface area contributed by atoms with Crippen molar-refractivity contribution >= 4 is 11.9 Å². The number of H-pyrrole nitrogens is 1. The van der Waals surface area contributed by atoms with Gasteiger partial charge in [-0.05, 0) is 12.1 Å². The molecule has 0 aliphatic carbocycles. The van der Waals surface area contributed by atoms with Gasteiger partial charge >= 0.3 is 0 Å². The van der Waals surface area contributed by atoms with Gasteiger partial charge in [-0.15, -0.1) is 5.10 Å². The number of hydrogen-bond acceptors (Lipinski definition) is 4. The summed E-state index contributed by atoms with van der Waals surface area (Å²) in [6, 6.07) is 0.208. The Morgan fingerprint density at radius 2 is 2.55 bits per heavy atom. The first-order valence-corrected chi connectivity index (χ1v) is 3.34. The summed E-state index contributed by atoms with van der Waals surface area (Å²) in [6.45, 7) is 1.94. The molecular formula is C5H7N5O. The van der Waals surface area contributed by atoms with Gasteiger partial charge in [0.25, 0.3) is 5.95 Å². The van der Waals surface area contributed by atoms with E-state index in [4.69, 9.17) is 0 Å². The van der Waals surface area contributed by atoms with E-state index >= 15 is 0 Å². The quantitative estimate of drug-likeness (QED) is 0.542. The molecular weight excluding hydrogens is 146 g/mol.